The second-order valence-electron chi connectivity index (χ2n) is 6.71. The lowest BCUT2D eigenvalue weighted by molar-refractivity contribution is 0.0949. The molecule has 0 aromatic carbocycles. The van der Waals surface area contributed by atoms with E-state index in [0.29, 0.717) is 11.6 Å². The predicted molar refractivity (Wildman–Crippen MR) is 78.4 cm³/mol. The first-order valence-corrected chi connectivity index (χ1v) is 7.23. The monoisotopic (exact) mass is 271 g/mol. The molecule has 2 aliphatic rings. The van der Waals surface area contributed by atoms with Crippen molar-refractivity contribution in [3.63, 3.8) is 0 Å². The average Bonchev–Trinajstić information content (AvgIpc) is 2.78. The van der Waals surface area contributed by atoms with E-state index < -0.39 is 0 Å². The van der Waals surface area contributed by atoms with Crippen LogP contribution in [0.4, 0.5) is 0 Å². The molecule has 3 rings (SSSR count). The average molecular weight is 271 g/mol. The second kappa shape index (κ2) is 4.40. The summed E-state index contributed by atoms with van der Waals surface area (Å²) in [5.41, 5.74) is 4.62. The third kappa shape index (κ3) is 1.78. The van der Waals surface area contributed by atoms with Crippen LogP contribution < -0.4 is 5.43 Å². The minimum Gasteiger partial charge on any atom is -0.266 e. The van der Waals surface area contributed by atoms with E-state index in [1.807, 2.05) is 0 Å². The van der Waals surface area contributed by atoms with Crippen molar-refractivity contribution in [1.29, 1.82) is 0 Å². The summed E-state index contributed by atoms with van der Waals surface area (Å²) in [7, 11) is 0. The van der Waals surface area contributed by atoms with E-state index in [1.54, 1.807) is 24.4 Å². The summed E-state index contributed by atoms with van der Waals surface area (Å²) < 4.78 is 0. The van der Waals surface area contributed by atoms with Crippen molar-refractivity contribution in [2.45, 2.75) is 40.0 Å². The topological polar surface area (TPSA) is 54.4 Å². The Hall–Kier alpha value is -1.71. The number of nitrogens with zero attached hydrogens (tertiary/aromatic N) is 2. The van der Waals surface area contributed by atoms with Crippen molar-refractivity contribution < 1.29 is 4.79 Å². The zero-order valence-corrected chi connectivity index (χ0v) is 12.3. The van der Waals surface area contributed by atoms with E-state index in [2.05, 4.69) is 36.3 Å². The van der Waals surface area contributed by atoms with E-state index in [0.717, 1.165) is 12.1 Å². The van der Waals surface area contributed by atoms with Gasteiger partial charge in [0.2, 0.25) is 0 Å². The Bertz CT molecular complexity index is 564. The van der Waals surface area contributed by atoms with Gasteiger partial charge in [-0.3, -0.25) is 9.78 Å². The predicted octanol–water partition coefficient (Wildman–Crippen LogP) is 3.01. The molecule has 0 aliphatic heterocycles. The van der Waals surface area contributed by atoms with E-state index >= 15 is 0 Å². The number of hydrogen-bond acceptors (Lipinski definition) is 3. The smallest absolute Gasteiger partial charge is 0.266 e. The molecule has 4 heteroatoms. The van der Waals surface area contributed by atoms with Gasteiger partial charge < -0.3 is 0 Å². The van der Waals surface area contributed by atoms with Gasteiger partial charge >= 0.3 is 0 Å². The van der Waals surface area contributed by atoms with Crippen molar-refractivity contribution in [3.05, 3.63) is 30.1 Å². The van der Waals surface area contributed by atoms with Gasteiger partial charge in [0.1, 0.15) is 5.69 Å². The van der Waals surface area contributed by atoms with E-state index in [9.17, 15) is 4.79 Å². The molecule has 0 radical (unpaired) electrons. The lowest BCUT2D eigenvalue weighted by Gasteiger charge is -2.34. The summed E-state index contributed by atoms with van der Waals surface area (Å²) in [5.74, 6) is 0.459. The maximum atomic E-state index is 12.0. The number of pyridine rings is 1. The molecule has 0 unspecified atom stereocenters. The maximum Gasteiger partial charge on any atom is 0.289 e. The first-order chi connectivity index (χ1) is 9.45. The zero-order valence-electron chi connectivity index (χ0n) is 12.3. The number of fused-ring (bicyclic) bond motifs is 2. The van der Waals surface area contributed by atoms with Gasteiger partial charge in [0.15, 0.2) is 0 Å². The van der Waals surface area contributed by atoms with Crippen LogP contribution in [0.15, 0.2) is 29.5 Å². The summed E-state index contributed by atoms with van der Waals surface area (Å²) in [6.45, 7) is 6.94. The molecule has 1 N–H and O–H groups in total. The molecule has 20 heavy (non-hydrogen) atoms. The Morgan fingerprint density at radius 3 is 2.75 bits per heavy atom. The number of hydrazone groups is 1. The van der Waals surface area contributed by atoms with Crippen LogP contribution in [0, 0.1) is 16.7 Å². The Balaban J connectivity index is 1.77. The summed E-state index contributed by atoms with van der Waals surface area (Å²) in [6.07, 6.45) is 5.07. The number of amides is 1. The molecule has 2 saturated carbocycles. The number of carbonyl (C=O) groups is 1. The van der Waals surface area contributed by atoms with E-state index in [4.69, 9.17) is 0 Å². The molecule has 0 spiro atoms. The van der Waals surface area contributed by atoms with Crippen LogP contribution >= 0.6 is 0 Å². The first kappa shape index (κ1) is 13.3. The fourth-order valence-corrected chi connectivity index (χ4v) is 3.77. The largest absolute Gasteiger partial charge is 0.289 e. The molecular formula is C16H21N3O. The van der Waals surface area contributed by atoms with E-state index in [-0.39, 0.29) is 16.7 Å². The lowest BCUT2D eigenvalue weighted by Crippen LogP contribution is -2.34. The van der Waals surface area contributed by atoms with Crippen molar-refractivity contribution in [3.8, 4) is 0 Å². The highest BCUT2D eigenvalue weighted by Gasteiger charge is 2.59. The molecule has 4 nitrogen and oxygen atoms in total. The number of rotatable bonds is 2. The minimum atomic E-state index is -0.234. The Morgan fingerprint density at radius 2 is 2.20 bits per heavy atom. The quantitative estimate of drug-likeness (QED) is 0.841. The lowest BCUT2D eigenvalue weighted by atomic mass is 9.70. The van der Waals surface area contributed by atoms with Crippen molar-refractivity contribution in [1.82, 2.24) is 10.4 Å². The van der Waals surface area contributed by atoms with Gasteiger partial charge in [-0.25, -0.2) is 5.43 Å². The number of carbonyl (C=O) groups excluding carboxylic acids is 1. The molecule has 106 valence electrons. The molecule has 0 saturated heterocycles. The number of nitrogens with one attached hydrogen (secondary N) is 1. The van der Waals surface area contributed by atoms with Crippen molar-refractivity contribution in [2.75, 3.05) is 0 Å². The van der Waals surface area contributed by atoms with Gasteiger partial charge in [-0.05, 0) is 42.7 Å². The van der Waals surface area contributed by atoms with Crippen LogP contribution in [-0.2, 0) is 0 Å². The highest BCUT2D eigenvalue weighted by molar-refractivity contribution is 5.97. The Morgan fingerprint density at radius 1 is 1.40 bits per heavy atom. The van der Waals surface area contributed by atoms with Gasteiger partial charge in [0, 0.05) is 17.3 Å². The van der Waals surface area contributed by atoms with Crippen LogP contribution in [0.3, 0.4) is 0 Å². The second-order valence-corrected chi connectivity index (χ2v) is 6.71. The fraction of sp³-hybridized carbons (Fsp3) is 0.562. The van der Waals surface area contributed by atoms with Crippen LogP contribution in [0.2, 0.25) is 0 Å². The molecule has 1 aromatic rings. The van der Waals surface area contributed by atoms with Crippen molar-refractivity contribution in [2.24, 2.45) is 21.8 Å². The van der Waals surface area contributed by atoms with Gasteiger partial charge in [-0.15, -0.1) is 0 Å². The molecule has 2 atom stereocenters. The Labute approximate surface area is 119 Å². The zero-order chi connectivity index (χ0) is 14.4. The highest BCUT2D eigenvalue weighted by Crippen LogP contribution is 2.63. The number of aromatic nitrogens is 1. The molecule has 2 aliphatic carbocycles. The summed E-state index contributed by atoms with van der Waals surface area (Å²) >= 11 is 0. The van der Waals surface area contributed by atoms with E-state index in [1.165, 1.54) is 12.8 Å². The van der Waals surface area contributed by atoms with Crippen LogP contribution in [0.25, 0.3) is 0 Å². The molecule has 1 amide bonds. The maximum absolute atomic E-state index is 12.0. The van der Waals surface area contributed by atoms with Gasteiger partial charge in [0.25, 0.3) is 5.91 Å². The molecular weight excluding hydrogens is 250 g/mol. The highest BCUT2D eigenvalue weighted by atomic mass is 16.2. The molecule has 2 fully saturated rings. The molecule has 1 aromatic heterocycles. The summed E-state index contributed by atoms with van der Waals surface area (Å²) in [5, 5.41) is 4.43. The van der Waals surface area contributed by atoms with Crippen molar-refractivity contribution >= 4 is 11.6 Å². The van der Waals surface area contributed by atoms with Gasteiger partial charge in [-0.2, -0.15) is 5.10 Å². The summed E-state index contributed by atoms with van der Waals surface area (Å²) in [6, 6.07) is 5.29. The summed E-state index contributed by atoms with van der Waals surface area (Å²) in [4.78, 5) is 16.0. The third-order valence-electron chi connectivity index (χ3n) is 5.70. The van der Waals surface area contributed by atoms with Gasteiger partial charge in [-0.1, -0.05) is 26.8 Å². The fourth-order valence-electron chi connectivity index (χ4n) is 3.77. The minimum absolute atomic E-state index is 0.120. The normalized spacial score (nSPS) is 32.5. The van der Waals surface area contributed by atoms with Crippen LogP contribution in [0.5, 0.6) is 0 Å². The van der Waals surface area contributed by atoms with Crippen LogP contribution in [0.1, 0.15) is 50.5 Å². The number of hydrogen-bond donors (Lipinski definition) is 1. The Kier molecular flexibility index (Phi) is 2.92. The molecule has 2 bridgehead atoms. The molecule has 1 heterocycles. The third-order valence-corrected chi connectivity index (χ3v) is 5.70. The first-order valence-electron chi connectivity index (χ1n) is 7.23. The van der Waals surface area contributed by atoms with Crippen LogP contribution in [-0.4, -0.2) is 16.6 Å². The SMILES string of the molecule is CC1(C)[C@@H]2CC[C@@]1(C)/C(=N\NC(=O)c1ccccn1)C2. The van der Waals surface area contributed by atoms with Gasteiger partial charge in [0.05, 0.1) is 0 Å². The standard InChI is InChI=1S/C16H21N3O/c1-15(2)11-7-8-16(15,3)13(10-11)18-19-14(20)12-6-4-5-9-17-12/h4-6,9,11H,7-8,10H2,1-3H3,(H,19,20)/b18-13-/t11-,16+/m1/s1.